The molecule has 1 aromatic rings. The Morgan fingerprint density at radius 1 is 1.10 bits per heavy atom. The van der Waals surface area contributed by atoms with E-state index in [9.17, 15) is 14.4 Å². The van der Waals surface area contributed by atoms with Crippen molar-refractivity contribution in [3.63, 3.8) is 0 Å². The van der Waals surface area contributed by atoms with E-state index in [1.165, 1.54) is 14.2 Å². The van der Waals surface area contributed by atoms with E-state index >= 15 is 0 Å². The average molecular weight is 341 g/mol. The largest absolute Gasteiger partial charge is 0.468 e. The van der Waals surface area contributed by atoms with E-state index in [0.29, 0.717) is 5.56 Å². The third kappa shape index (κ3) is 2.24. The molecule has 1 aliphatic carbocycles. The number of carbonyl (C=O) groups is 3. The predicted octanol–water partition coefficient (Wildman–Crippen LogP) is 1.98. The van der Waals surface area contributed by atoms with Crippen LogP contribution >= 0.6 is 15.9 Å². The highest BCUT2D eigenvalue weighted by molar-refractivity contribution is 9.10. The molecule has 0 aromatic heterocycles. The Morgan fingerprint density at radius 2 is 1.60 bits per heavy atom. The van der Waals surface area contributed by atoms with E-state index in [1.807, 2.05) is 0 Å². The van der Waals surface area contributed by atoms with Crippen LogP contribution in [0.25, 0.3) is 0 Å². The average Bonchev–Trinajstić information content (AvgIpc) is 3.22. The zero-order valence-corrected chi connectivity index (χ0v) is 12.6. The van der Waals surface area contributed by atoms with Crippen LogP contribution in [0.2, 0.25) is 0 Å². The Morgan fingerprint density at radius 3 is 2.05 bits per heavy atom. The molecule has 106 valence electrons. The van der Waals surface area contributed by atoms with Gasteiger partial charge in [0.2, 0.25) is 0 Å². The van der Waals surface area contributed by atoms with Crippen LogP contribution in [-0.4, -0.2) is 31.9 Å². The molecule has 0 aliphatic heterocycles. The van der Waals surface area contributed by atoms with Gasteiger partial charge in [0.15, 0.2) is 11.2 Å². The van der Waals surface area contributed by atoms with E-state index in [-0.39, 0.29) is 12.2 Å². The zero-order chi connectivity index (χ0) is 14.9. The van der Waals surface area contributed by atoms with Crippen LogP contribution in [0.3, 0.4) is 0 Å². The van der Waals surface area contributed by atoms with Gasteiger partial charge < -0.3 is 9.47 Å². The lowest BCUT2D eigenvalue weighted by Gasteiger charge is -2.11. The summed E-state index contributed by atoms with van der Waals surface area (Å²) in [4.78, 5) is 36.0. The second kappa shape index (κ2) is 5.36. The molecule has 0 N–H and O–H groups in total. The smallest absolute Gasteiger partial charge is 0.324 e. The first-order valence-corrected chi connectivity index (χ1v) is 6.73. The van der Waals surface area contributed by atoms with Gasteiger partial charge in [-0.05, 0) is 18.6 Å². The Bertz CT molecular complexity index is 547. The number of Topliss-reactive ketones (excluding diaryl/α,β-unsaturated/α-hetero) is 1. The highest BCUT2D eigenvalue weighted by atomic mass is 79.9. The summed E-state index contributed by atoms with van der Waals surface area (Å²) in [5.74, 6) is -2.42. The van der Waals surface area contributed by atoms with E-state index in [0.717, 1.165) is 4.47 Å². The third-order valence-electron chi connectivity index (χ3n) is 3.51. The number of ether oxygens (including phenoxy) is 2. The first-order chi connectivity index (χ1) is 9.47. The SMILES string of the molecule is COC(=O)C1(C(=O)OC)CC1C(=O)c1ccc(Br)cc1. The van der Waals surface area contributed by atoms with Gasteiger partial charge in [-0.25, -0.2) is 0 Å². The molecule has 1 saturated carbocycles. The predicted molar refractivity (Wildman–Crippen MR) is 73.0 cm³/mol. The number of esters is 2. The van der Waals surface area contributed by atoms with Gasteiger partial charge in [0.1, 0.15) is 0 Å². The number of carbonyl (C=O) groups excluding carboxylic acids is 3. The zero-order valence-electron chi connectivity index (χ0n) is 11.0. The molecule has 0 saturated heterocycles. The Kier molecular flexibility index (Phi) is 3.94. The van der Waals surface area contributed by atoms with Crippen molar-refractivity contribution in [3.05, 3.63) is 34.3 Å². The molecule has 6 heteroatoms. The highest BCUT2D eigenvalue weighted by Gasteiger charge is 2.70. The van der Waals surface area contributed by atoms with Gasteiger partial charge in [0, 0.05) is 10.0 Å². The number of hydrogen-bond donors (Lipinski definition) is 0. The van der Waals surface area contributed by atoms with Crippen molar-refractivity contribution in [3.8, 4) is 0 Å². The molecule has 1 unspecified atom stereocenters. The lowest BCUT2D eigenvalue weighted by molar-refractivity contribution is -0.161. The summed E-state index contributed by atoms with van der Waals surface area (Å²) in [6, 6.07) is 6.75. The van der Waals surface area contributed by atoms with Crippen molar-refractivity contribution in [1.82, 2.24) is 0 Å². The fraction of sp³-hybridized carbons (Fsp3) is 0.357. The molecule has 0 spiro atoms. The number of ketones is 1. The van der Waals surface area contributed by atoms with Gasteiger partial charge >= 0.3 is 11.9 Å². The van der Waals surface area contributed by atoms with Crippen LogP contribution in [0.1, 0.15) is 16.8 Å². The van der Waals surface area contributed by atoms with Crippen molar-refractivity contribution >= 4 is 33.7 Å². The monoisotopic (exact) mass is 340 g/mol. The van der Waals surface area contributed by atoms with Crippen molar-refractivity contribution in [2.24, 2.45) is 11.3 Å². The van der Waals surface area contributed by atoms with Crippen LogP contribution in [0.4, 0.5) is 0 Å². The molecular formula is C14H13BrO5. The lowest BCUT2D eigenvalue weighted by atomic mass is 9.98. The first kappa shape index (κ1) is 14.7. The quantitative estimate of drug-likeness (QED) is 0.476. The number of benzene rings is 1. The minimum Gasteiger partial charge on any atom is -0.468 e. The Hall–Kier alpha value is -1.69. The number of halogens is 1. The summed E-state index contributed by atoms with van der Waals surface area (Å²) in [6.07, 6.45) is 0.126. The minimum atomic E-state index is -1.48. The van der Waals surface area contributed by atoms with Gasteiger partial charge in [-0.1, -0.05) is 28.1 Å². The highest BCUT2D eigenvalue weighted by Crippen LogP contribution is 2.55. The Balaban J connectivity index is 2.26. The van der Waals surface area contributed by atoms with Crippen LogP contribution in [0.5, 0.6) is 0 Å². The van der Waals surface area contributed by atoms with Gasteiger partial charge in [0.05, 0.1) is 20.1 Å². The number of hydrogen-bond acceptors (Lipinski definition) is 5. The molecule has 1 aliphatic rings. The van der Waals surface area contributed by atoms with Gasteiger partial charge in [-0.2, -0.15) is 0 Å². The lowest BCUT2D eigenvalue weighted by Crippen LogP contribution is -2.32. The van der Waals surface area contributed by atoms with Gasteiger partial charge in [0.25, 0.3) is 0 Å². The maximum absolute atomic E-state index is 12.3. The molecule has 20 heavy (non-hydrogen) atoms. The molecule has 0 amide bonds. The van der Waals surface area contributed by atoms with Gasteiger partial charge in [-0.3, -0.25) is 14.4 Å². The normalized spacial score (nSPS) is 19.1. The van der Waals surface area contributed by atoms with Crippen LogP contribution < -0.4 is 0 Å². The molecular weight excluding hydrogens is 328 g/mol. The second-order valence-electron chi connectivity index (χ2n) is 4.58. The van der Waals surface area contributed by atoms with Crippen LogP contribution in [-0.2, 0) is 19.1 Å². The van der Waals surface area contributed by atoms with Crippen molar-refractivity contribution in [2.75, 3.05) is 14.2 Å². The minimum absolute atomic E-state index is 0.126. The standard InChI is InChI=1S/C14H13BrO5/c1-19-12(17)14(13(18)20-2)7-10(14)11(16)8-3-5-9(15)6-4-8/h3-6,10H,7H2,1-2H3. The molecule has 2 rings (SSSR count). The third-order valence-corrected chi connectivity index (χ3v) is 4.03. The maximum Gasteiger partial charge on any atom is 0.324 e. The first-order valence-electron chi connectivity index (χ1n) is 5.94. The fourth-order valence-corrected chi connectivity index (χ4v) is 2.56. The molecule has 1 aromatic carbocycles. The second-order valence-corrected chi connectivity index (χ2v) is 5.50. The molecule has 0 heterocycles. The van der Waals surface area contributed by atoms with E-state index in [4.69, 9.17) is 0 Å². The summed E-state index contributed by atoms with van der Waals surface area (Å²) < 4.78 is 10.1. The summed E-state index contributed by atoms with van der Waals surface area (Å²) in [7, 11) is 2.37. The van der Waals surface area contributed by atoms with Crippen molar-refractivity contribution < 1.29 is 23.9 Å². The van der Waals surface area contributed by atoms with E-state index in [2.05, 4.69) is 25.4 Å². The Labute approximate surface area is 124 Å². The van der Waals surface area contributed by atoms with E-state index in [1.54, 1.807) is 24.3 Å². The summed E-state index contributed by atoms with van der Waals surface area (Å²) in [5.41, 5.74) is -1.03. The molecule has 0 radical (unpaired) electrons. The van der Waals surface area contributed by atoms with Crippen LogP contribution in [0, 0.1) is 11.3 Å². The number of methoxy groups -OCH3 is 2. The van der Waals surface area contributed by atoms with E-state index < -0.39 is 23.3 Å². The molecule has 1 fully saturated rings. The van der Waals surface area contributed by atoms with Crippen LogP contribution in [0.15, 0.2) is 28.7 Å². The molecule has 1 atom stereocenters. The van der Waals surface area contributed by atoms with Gasteiger partial charge in [-0.15, -0.1) is 0 Å². The fourth-order valence-electron chi connectivity index (χ4n) is 2.29. The molecule has 5 nitrogen and oxygen atoms in total. The summed E-state index contributed by atoms with van der Waals surface area (Å²) >= 11 is 3.28. The number of rotatable bonds is 4. The summed E-state index contributed by atoms with van der Waals surface area (Å²) in [6.45, 7) is 0. The molecule has 0 bridgehead atoms. The maximum atomic E-state index is 12.3. The summed E-state index contributed by atoms with van der Waals surface area (Å²) in [5, 5.41) is 0. The topological polar surface area (TPSA) is 69.7 Å². The van der Waals surface area contributed by atoms with Crippen molar-refractivity contribution in [2.45, 2.75) is 6.42 Å². The van der Waals surface area contributed by atoms with Crippen molar-refractivity contribution in [1.29, 1.82) is 0 Å².